The third kappa shape index (κ3) is 5.23. The van der Waals surface area contributed by atoms with E-state index in [1.54, 1.807) is 18.2 Å². The van der Waals surface area contributed by atoms with Crippen LogP contribution in [0.1, 0.15) is 17.2 Å². The zero-order valence-electron chi connectivity index (χ0n) is 12.9. The van der Waals surface area contributed by atoms with Gasteiger partial charge < -0.3 is 26.0 Å². The molecule has 0 aromatic heterocycles. The maximum atomic E-state index is 11.6. The molecule has 128 valence electrons. The van der Waals surface area contributed by atoms with Gasteiger partial charge in [0.15, 0.2) is 0 Å². The maximum absolute atomic E-state index is 11.6. The fraction of sp³-hybridized carbons (Fsp3) is 0.235. The number of nitrogens with two attached hydrogens (primary N) is 1. The van der Waals surface area contributed by atoms with Crippen LogP contribution in [0.2, 0.25) is 0 Å². The van der Waals surface area contributed by atoms with E-state index in [1.165, 1.54) is 0 Å². The number of carbonyl (C=O) groups is 1. The highest BCUT2D eigenvalue weighted by Crippen LogP contribution is 2.26. The molecule has 0 fully saturated rings. The van der Waals surface area contributed by atoms with Crippen molar-refractivity contribution >= 4 is 27.7 Å². The quantitative estimate of drug-likeness (QED) is 0.562. The molecule has 5 N–H and O–H groups in total. The molecule has 6 nitrogen and oxygen atoms in total. The first-order chi connectivity index (χ1) is 11.5. The number of carbonyl (C=O) groups excluding carboxylic acids is 1. The van der Waals surface area contributed by atoms with Crippen molar-refractivity contribution in [2.24, 2.45) is 0 Å². The topological polar surface area (TPSA) is 105 Å². The van der Waals surface area contributed by atoms with Gasteiger partial charge in [0, 0.05) is 22.3 Å². The lowest BCUT2D eigenvalue weighted by Crippen LogP contribution is -2.36. The standard InChI is InChI=1S/C17H19BrN2O4/c18-12-6-7-14(19)13(8-12)16(22)15(21)9-20-17(23)24-10-11-4-2-1-3-5-11/h1-8,15-16,21-22H,9-10,19H2,(H,20,23). The molecule has 0 aliphatic rings. The number of hydrogen-bond donors (Lipinski definition) is 4. The Morgan fingerprint density at radius 1 is 1.21 bits per heavy atom. The molecule has 2 aromatic carbocycles. The molecule has 2 rings (SSSR count). The van der Waals surface area contributed by atoms with Gasteiger partial charge in [-0.2, -0.15) is 0 Å². The summed E-state index contributed by atoms with van der Waals surface area (Å²) in [5.74, 6) is 0. The maximum Gasteiger partial charge on any atom is 0.407 e. The first kappa shape index (κ1) is 18.3. The van der Waals surface area contributed by atoms with E-state index in [0.717, 1.165) is 10.0 Å². The van der Waals surface area contributed by atoms with E-state index in [9.17, 15) is 15.0 Å². The first-order valence-electron chi connectivity index (χ1n) is 7.33. The molecule has 0 spiro atoms. The van der Waals surface area contributed by atoms with Crippen LogP contribution < -0.4 is 11.1 Å². The van der Waals surface area contributed by atoms with E-state index in [1.807, 2.05) is 30.3 Å². The van der Waals surface area contributed by atoms with Crippen molar-refractivity contribution in [1.29, 1.82) is 0 Å². The number of benzene rings is 2. The van der Waals surface area contributed by atoms with Crippen LogP contribution in [0, 0.1) is 0 Å². The molecule has 0 aliphatic heterocycles. The van der Waals surface area contributed by atoms with Gasteiger partial charge in [0.1, 0.15) is 18.8 Å². The number of ether oxygens (including phenoxy) is 1. The van der Waals surface area contributed by atoms with Gasteiger partial charge >= 0.3 is 6.09 Å². The first-order valence-corrected chi connectivity index (χ1v) is 8.12. The van der Waals surface area contributed by atoms with Gasteiger partial charge in [-0.1, -0.05) is 46.3 Å². The van der Waals surface area contributed by atoms with E-state index < -0.39 is 18.3 Å². The van der Waals surface area contributed by atoms with Gasteiger partial charge in [-0.25, -0.2) is 4.79 Å². The van der Waals surface area contributed by atoms with Crippen LogP contribution in [0.25, 0.3) is 0 Å². The number of amides is 1. The highest BCUT2D eigenvalue weighted by molar-refractivity contribution is 9.10. The van der Waals surface area contributed by atoms with E-state index in [0.29, 0.717) is 11.3 Å². The average Bonchev–Trinajstić information content (AvgIpc) is 2.60. The van der Waals surface area contributed by atoms with Gasteiger partial charge in [-0.05, 0) is 23.8 Å². The van der Waals surface area contributed by atoms with Gasteiger partial charge in [-0.3, -0.25) is 0 Å². The lowest BCUT2D eigenvalue weighted by molar-refractivity contribution is 0.0188. The number of aliphatic hydroxyl groups is 2. The van der Waals surface area contributed by atoms with E-state index in [4.69, 9.17) is 10.5 Å². The van der Waals surface area contributed by atoms with Gasteiger partial charge in [0.05, 0.1) is 0 Å². The van der Waals surface area contributed by atoms with Crippen molar-refractivity contribution in [3.05, 3.63) is 64.1 Å². The number of rotatable bonds is 6. The van der Waals surface area contributed by atoms with Crippen LogP contribution in [0.3, 0.4) is 0 Å². The van der Waals surface area contributed by atoms with E-state index >= 15 is 0 Å². The summed E-state index contributed by atoms with van der Waals surface area (Å²) in [5, 5.41) is 22.6. The van der Waals surface area contributed by atoms with E-state index in [2.05, 4.69) is 21.2 Å². The lowest BCUT2D eigenvalue weighted by Gasteiger charge is -2.20. The molecular formula is C17H19BrN2O4. The SMILES string of the molecule is Nc1ccc(Br)cc1C(O)C(O)CNC(=O)OCc1ccccc1. The van der Waals surface area contributed by atoms with Crippen molar-refractivity contribution in [3.63, 3.8) is 0 Å². The summed E-state index contributed by atoms with van der Waals surface area (Å²) in [7, 11) is 0. The zero-order chi connectivity index (χ0) is 17.5. The van der Waals surface area contributed by atoms with Crippen LogP contribution >= 0.6 is 15.9 Å². The molecule has 1 amide bonds. The van der Waals surface area contributed by atoms with Crippen molar-refractivity contribution in [2.45, 2.75) is 18.8 Å². The predicted octanol–water partition coefficient (Wildman–Crippen LogP) is 2.35. The summed E-state index contributed by atoms with van der Waals surface area (Å²) >= 11 is 3.28. The molecule has 24 heavy (non-hydrogen) atoms. The number of alkyl carbamates (subject to hydrolysis) is 1. The van der Waals surface area contributed by atoms with Crippen molar-refractivity contribution in [2.75, 3.05) is 12.3 Å². The number of nitrogen functional groups attached to an aromatic ring is 1. The number of hydrogen-bond acceptors (Lipinski definition) is 5. The Hall–Kier alpha value is -2.09. The smallest absolute Gasteiger partial charge is 0.407 e. The van der Waals surface area contributed by atoms with Crippen LogP contribution in [0.5, 0.6) is 0 Å². The monoisotopic (exact) mass is 394 g/mol. The minimum atomic E-state index is -1.23. The van der Waals surface area contributed by atoms with Crippen LogP contribution in [-0.2, 0) is 11.3 Å². The zero-order valence-corrected chi connectivity index (χ0v) is 14.4. The normalized spacial score (nSPS) is 13.1. The van der Waals surface area contributed by atoms with Crippen LogP contribution in [0.15, 0.2) is 53.0 Å². The second-order valence-electron chi connectivity index (χ2n) is 5.23. The Morgan fingerprint density at radius 3 is 2.62 bits per heavy atom. The fourth-order valence-electron chi connectivity index (χ4n) is 2.08. The average molecular weight is 395 g/mol. The summed E-state index contributed by atoms with van der Waals surface area (Å²) in [6.07, 6.45) is -3.12. The molecule has 0 saturated carbocycles. The number of anilines is 1. The van der Waals surface area contributed by atoms with Gasteiger partial charge in [0.2, 0.25) is 0 Å². The molecule has 7 heteroatoms. The molecule has 2 aromatic rings. The summed E-state index contributed by atoms with van der Waals surface area (Å²) < 4.78 is 5.76. The lowest BCUT2D eigenvalue weighted by atomic mass is 10.0. The van der Waals surface area contributed by atoms with Gasteiger partial charge in [0.25, 0.3) is 0 Å². The van der Waals surface area contributed by atoms with Crippen molar-refractivity contribution in [1.82, 2.24) is 5.32 Å². The van der Waals surface area contributed by atoms with Crippen LogP contribution in [0.4, 0.5) is 10.5 Å². The highest BCUT2D eigenvalue weighted by atomic mass is 79.9. The molecule has 0 aliphatic carbocycles. The second kappa shape index (κ2) is 8.68. The molecule has 2 unspecified atom stereocenters. The van der Waals surface area contributed by atoms with Gasteiger partial charge in [-0.15, -0.1) is 0 Å². The Balaban J connectivity index is 1.82. The number of aliphatic hydroxyl groups excluding tert-OH is 2. The molecule has 2 atom stereocenters. The third-order valence-corrected chi connectivity index (χ3v) is 3.89. The molecular weight excluding hydrogens is 376 g/mol. The van der Waals surface area contributed by atoms with Crippen molar-refractivity contribution in [3.8, 4) is 0 Å². The molecule has 0 saturated heterocycles. The Bertz CT molecular complexity index is 682. The minimum Gasteiger partial charge on any atom is -0.445 e. The van der Waals surface area contributed by atoms with E-state index in [-0.39, 0.29) is 13.2 Å². The second-order valence-corrected chi connectivity index (χ2v) is 6.14. The molecule has 0 heterocycles. The predicted molar refractivity (Wildman–Crippen MR) is 94.2 cm³/mol. The van der Waals surface area contributed by atoms with Crippen LogP contribution in [-0.4, -0.2) is 29.0 Å². The van der Waals surface area contributed by atoms with Crippen molar-refractivity contribution < 1.29 is 19.7 Å². The molecule has 0 radical (unpaired) electrons. The summed E-state index contributed by atoms with van der Waals surface area (Å²) in [5.41, 5.74) is 7.39. The number of nitrogens with one attached hydrogen (secondary N) is 1. The number of halogens is 1. The summed E-state index contributed by atoms with van der Waals surface area (Å²) in [6, 6.07) is 14.2. The third-order valence-electron chi connectivity index (χ3n) is 3.40. The Labute approximate surface area is 148 Å². The molecule has 0 bridgehead atoms. The highest BCUT2D eigenvalue weighted by Gasteiger charge is 2.21. The Morgan fingerprint density at radius 2 is 1.92 bits per heavy atom. The summed E-state index contributed by atoms with van der Waals surface area (Å²) in [6.45, 7) is -0.0371. The fourth-order valence-corrected chi connectivity index (χ4v) is 2.46. The summed E-state index contributed by atoms with van der Waals surface area (Å²) in [4.78, 5) is 11.6. The minimum absolute atomic E-state index is 0.129. The largest absolute Gasteiger partial charge is 0.445 e. The Kier molecular flexibility index (Phi) is 6.60.